The summed E-state index contributed by atoms with van der Waals surface area (Å²) in [6.07, 6.45) is 5.09. The lowest BCUT2D eigenvalue weighted by Gasteiger charge is -2.23. The number of carbonyl (C=O) groups is 1. The molecular formula is C18H16BrN3OS. The molecule has 0 atom stereocenters. The first-order chi connectivity index (χ1) is 11.5. The minimum Gasteiger partial charge on any atom is -0.324 e. The predicted molar refractivity (Wildman–Crippen MR) is 102 cm³/mol. The number of aromatic nitrogens is 2. The van der Waals surface area contributed by atoms with Crippen LogP contribution < -0.4 is 5.32 Å². The van der Waals surface area contributed by atoms with Gasteiger partial charge >= 0.3 is 0 Å². The molecule has 3 aromatic rings. The van der Waals surface area contributed by atoms with Gasteiger partial charge in [-0.3, -0.25) is 14.8 Å². The highest BCUT2D eigenvalue weighted by Crippen LogP contribution is 2.37. The van der Waals surface area contributed by atoms with E-state index >= 15 is 0 Å². The number of halogens is 1. The smallest absolute Gasteiger partial charge is 0.240 e. The van der Waals surface area contributed by atoms with E-state index in [4.69, 9.17) is 0 Å². The molecule has 1 aromatic carbocycles. The first kappa shape index (κ1) is 16.9. The van der Waals surface area contributed by atoms with Crippen LogP contribution in [0.2, 0.25) is 0 Å². The zero-order valence-corrected chi connectivity index (χ0v) is 15.7. The third-order valence-electron chi connectivity index (χ3n) is 3.49. The molecule has 0 spiro atoms. The van der Waals surface area contributed by atoms with Gasteiger partial charge in [-0.25, -0.2) is 0 Å². The number of rotatable bonds is 4. The van der Waals surface area contributed by atoms with Crippen molar-refractivity contribution in [1.29, 1.82) is 0 Å². The summed E-state index contributed by atoms with van der Waals surface area (Å²) >= 11 is 5.01. The van der Waals surface area contributed by atoms with E-state index < -0.39 is 4.75 Å². The van der Waals surface area contributed by atoms with Crippen molar-refractivity contribution in [3.63, 3.8) is 0 Å². The van der Waals surface area contributed by atoms with Gasteiger partial charge in [-0.05, 0) is 50.2 Å². The Balaban J connectivity index is 1.86. The number of anilines is 1. The molecule has 0 saturated heterocycles. The number of hydrogen-bond acceptors (Lipinski definition) is 4. The number of amides is 1. The lowest BCUT2D eigenvalue weighted by atomic mass is 10.2. The maximum Gasteiger partial charge on any atom is 0.240 e. The normalized spacial score (nSPS) is 11.5. The van der Waals surface area contributed by atoms with Gasteiger partial charge in [-0.15, -0.1) is 11.8 Å². The summed E-state index contributed by atoms with van der Waals surface area (Å²) in [6, 6.07) is 11.5. The highest BCUT2D eigenvalue weighted by molar-refractivity contribution is 9.10. The molecule has 0 aliphatic carbocycles. The summed E-state index contributed by atoms with van der Waals surface area (Å²) in [6.45, 7) is 3.82. The van der Waals surface area contributed by atoms with Crippen LogP contribution >= 0.6 is 27.7 Å². The molecule has 1 N–H and O–H groups in total. The Hall–Kier alpha value is -1.92. The van der Waals surface area contributed by atoms with Crippen molar-refractivity contribution < 1.29 is 4.79 Å². The van der Waals surface area contributed by atoms with Crippen LogP contribution in [0.4, 0.5) is 5.69 Å². The van der Waals surface area contributed by atoms with Gasteiger partial charge in [-0.1, -0.05) is 15.9 Å². The maximum absolute atomic E-state index is 12.7. The fourth-order valence-corrected chi connectivity index (χ4v) is 3.68. The molecule has 24 heavy (non-hydrogen) atoms. The summed E-state index contributed by atoms with van der Waals surface area (Å²) in [5.41, 5.74) is 1.60. The topological polar surface area (TPSA) is 54.9 Å². The van der Waals surface area contributed by atoms with Crippen LogP contribution in [0.25, 0.3) is 10.9 Å². The van der Waals surface area contributed by atoms with Crippen LogP contribution in [-0.4, -0.2) is 20.6 Å². The molecular weight excluding hydrogens is 386 g/mol. The van der Waals surface area contributed by atoms with E-state index in [1.165, 1.54) is 11.8 Å². The predicted octanol–water partition coefficient (Wildman–Crippen LogP) is 4.90. The van der Waals surface area contributed by atoms with E-state index in [2.05, 4.69) is 31.2 Å². The molecule has 0 aliphatic heterocycles. The lowest BCUT2D eigenvalue weighted by molar-refractivity contribution is -0.117. The van der Waals surface area contributed by atoms with Crippen molar-refractivity contribution in [2.45, 2.75) is 23.5 Å². The van der Waals surface area contributed by atoms with E-state index in [1.54, 1.807) is 24.7 Å². The van der Waals surface area contributed by atoms with Gasteiger partial charge in [0.2, 0.25) is 5.91 Å². The van der Waals surface area contributed by atoms with Crippen molar-refractivity contribution in [2.75, 3.05) is 5.32 Å². The molecule has 1 amide bonds. The number of hydrogen-bond donors (Lipinski definition) is 1. The minimum atomic E-state index is -0.646. The molecule has 4 nitrogen and oxygen atoms in total. The molecule has 0 unspecified atom stereocenters. The standard InChI is InChI=1S/C18H16BrN3OS/c1-18(2,17(23)22-13-4-3-8-20-11-13)24-16-7-9-21-15-6-5-12(19)10-14(15)16/h3-11H,1-2H3,(H,22,23). The van der Waals surface area contributed by atoms with Crippen LogP contribution in [0.15, 0.2) is 64.4 Å². The van der Waals surface area contributed by atoms with Crippen LogP contribution in [-0.2, 0) is 4.79 Å². The second kappa shape index (κ2) is 6.91. The van der Waals surface area contributed by atoms with Crippen molar-refractivity contribution >= 4 is 50.2 Å². The average Bonchev–Trinajstić information content (AvgIpc) is 2.56. The Morgan fingerprint density at radius 3 is 2.79 bits per heavy atom. The number of nitrogens with zero attached hydrogens (tertiary/aromatic N) is 2. The molecule has 2 aromatic heterocycles. The van der Waals surface area contributed by atoms with Crippen molar-refractivity contribution in [3.05, 3.63) is 59.5 Å². The van der Waals surface area contributed by atoms with Crippen molar-refractivity contribution in [1.82, 2.24) is 9.97 Å². The lowest BCUT2D eigenvalue weighted by Crippen LogP contribution is -2.34. The zero-order valence-electron chi connectivity index (χ0n) is 13.3. The number of nitrogens with one attached hydrogen (secondary N) is 1. The fraction of sp³-hybridized carbons (Fsp3) is 0.167. The van der Waals surface area contributed by atoms with Gasteiger partial charge in [0, 0.05) is 27.1 Å². The highest BCUT2D eigenvalue weighted by atomic mass is 79.9. The SMILES string of the molecule is CC(C)(Sc1ccnc2ccc(Br)cc12)C(=O)Nc1cccnc1. The average molecular weight is 402 g/mol. The molecule has 0 bridgehead atoms. The fourth-order valence-electron chi connectivity index (χ4n) is 2.22. The van der Waals surface area contributed by atoms with Gasteiger partial charge < -0.3 is 5.32 Å². The Kier molecular flexibility index (Phi) is 4.87. The number of thioether (sulfide) groups is 1. The summed E-state index contributed by atoms with van der Waals surface area (Å²) in [5.74, 6) is -0.0690. The van der Waals surface area contributed by atoms with Gasteiger partial charge in [0.15, 0.2) is 0 Å². The van der Waals surface area contributed by atoms with E-state index in [9.17, 15) is 4.79 Å². The number of benzene rings is 1. The Labute approximate surface area is 153 Å². The van der Waals surface area contributed by atoms with Crippen molar-refractivity contribution in [3.8, 4) is 0 Å². The highest BCUT2D eigenvalue weighted by Gasteiger charge is 2.29. The third-order valence-corrected chi connectivity index (χ3v) is 5.26. The van der Waals surface area contributed by atoms with Crippen LogP contribution in [0, 0.1) is 0 Å². The summed E-state index contributed by atoms with van der Waals surface area (Å²) < 4.78 is 0.342. The molecule has 3 rings (SSSR count). The second-order valence-corrected chi connectivity index (χ2v) is 8.36. The number of carbonyl (C=O) groups excluding carboxylic acids is 1. The van der Waals surface area contributed by atoms with Gasteiger partial charge in [0.05, 0.1) is 22.1 Å². The van der Waals surface area contributed by atoms with E-state index in [0.29, 0.717) is 5.69 Å². The monoisotopic (exact) mass is 401 g/mol. The number of fused-ring (bicyclic) bond motifs is 1. The Morgan fingerprint density at radius 2 is 2.04 bits per heavy atom. The second-order valence-electron chi connectivity index (χ2n) is 5.78. The molecule has 122 valence electrons. The Bertz CT molecular complexity index is 884. The summed E-state index contributed by atoms with van der Waals surface area (Å²) in [4.78, 5) is 22.1. The van der Waals surface area contributed by atoms with Crippen LogP contribution in [0.5, 0.6) is 0 Å². The zero-order chi connectivity index (χ0) is 17.2. The first-order valence-corrected chi connectivity index (χ1v) is 9.01. The molecule has 0 radical (unpaired) electrons. The summed E-state index contributed by atoms with van der Waals surface area (Å²) in [5, 5.41) is 3.94. The van der Waals surface area contributed by atoms with E-state index in [0.717, 1.165) is 20.3 Å². The van der Waals surface area contributed by atoms with E-state index in [-0.39, 0.29) is 5.91 Å². The molecule has 2 heterocycles. The Morgan fingerprint density at radius 1 is 1.21 bits per heavy atom. The van der Waals surface area contributed by atoms with Gasteiger partial charge in [0.25, 0.3) is 0 Å². The largest absolute Gasteiger partial charge is 0.324 e. The van der Waals surface area contributed by atoms with E-state index in [1.807, 2.05) is 44.2 Å². The van der Waals surface area contributed by atoms with Gasteiger partial charge in [0.1, 0.15) is 0 Å². The van der Waals surface area contributed by atoms with Crippen molar-refractivity contribution in [2.24, 2.45) is 0 Å². The van der Waals surface area contributed by atoms with Crippen LogP contribution in [0.1, 0.15) is 13.8 Å². The molecule has 0 aliphatic rings. The first-order valence-electron chi connectivity index (χ1n) is 7.40. The maximum atomic E-state index is 12.7. The third kappa shape index (κ3) is 3.76. The number of pyridine rings is 2. The molecule has 0 fully saturated rings. The minimum absolute atomic E-state index is 0.0690. The van der Waals surface area contributed by atoms with Gasteiger partial charge in [-0.2, -0.15) is 0 Å². The summed E-state index contributed by atoms with van der Waals surface area (Å²) in [7, 11) is 0. The quantitative estimate of drug-likeness (QED) is 0.631. The van der Waals surface area contributed by atoms with Crippen LogP contribution in [0.3, 0.4) is 0 Å². The molecule has 6 heteroatoms. The molecule has 0 saturated carbocycles.